The first-order valence-corrected chi connectivity index (χ1v) is 7.05. The maximum atomic E-state index is 11.5. The molecule has 2 aromatic rings. The molecule has 7 nitrogen and oxygen atoms in total. The first-order valence-electron chi connectivity index (χ1n) is 7.05. The molecule has 0 bridgehead atoms. The van der Waals surface area contributed by atoms with Crippen LogP contribution in [-0.2, 0) is 4.79 Å². The summed E-state index contributed by atoms with van der Waals surface area (Å²) in [7, 11) is 0. The number of nitrogens with zero attached hydrogens (tertiary/aromatic N) is 2. The van der Waals surface area contributed by atoms with E-state index in [4.69, 9.17) is 9.47 Å². The van der Waals surface area contributed by atoms with Crippen molar-refractivity contribution < 1.29 is 14.3 Å². The van der Waals surface area contributed by atoms with E-state index in [1.807, 2.05) is 25.1 Å². The van der Waals surface area contributed by atoms with E-state index in [0.717, 1.165) is 17.9 Å². The number of hydrogen-bond donors (Lipinski definition) is 2. The number of anilines is 3. The van der Waals surface area contributed by atoms with Gasteiger partial charge in [0.15, 0.2) is 23.1 Å². The molecule has 7 heteroatoms. The van der Waals surface area contributed by atoms with E-state index in [2.05, 4.69) is 20.8 Å². The largest absolute Gasteiger partial charge is 0.454 e. The molecule has 1 amide bonds. The van der Waals surface area contributed by atoms with Crippen molar-refractivity contribution in [1.29, 1.82) is 0 Å². The molecule has 0 fully saturated rings. The Kier molecular flexibility index (Phi) is 4.04. The number of carbonyl (C=O) groups is 1. The third kappa shape index (κ3) is 3.25. The first-order chi connectivity index (χ1) is 10.7. The van der Waals surface area contributed by atoms with Gasteiger partial charge < -0.3 is 20.1 Å². The quantitative estimate of drug-likeness (QED) is 0.883. The van der Waals surface area contributed by atoms with Crippen LogP contribution in [0.2, 0.25) is 0 Å². The monoisotopic (exact) mass is 300 g/mol. The molecule has 114 valence electrons. The molecule has 2 N–H and O–H groups in total. The number of fused-ring (bicyclic) bond motifs is 1. The number of aromatic nitrogens is 2. The van der Waals surface area contributed by atoms with Crippen LogP contribution in [0.3, 0.4) is 0 Å². The number of amides is 1. The van der Waals surface area contributed by atoms with Crippen molar-refractivity contribution >= 4 is 23.2 Å². The molecule has 2 heterocycles. The van der Waals surface area contributed by atoms with Gasteiger partial charge in [-0.2, -0.15) is 0 Å². The Morgan fingerprint density at radius 1 is 1.14 bits per heavy atom. The fourth-order valence-corrected chi connectivity index (χ4v) is 2.02. The number of nitrogens with one attached hydrogen (secondary N) is 2. The van der Waals surface area contributed by atoms with Crippen LogP contribution in [0.4, 0.5) is 17.3 Å². The Balaban J connectivity index is 1.64. The summed E-state index contributed by atoms with van der Waals surface area (Å²) in [6.07, 6.45) is 1.27. The molecule has 0 atom stereocenters. The van der Waals surface area contributed by atoms with E-state index >= 15 is 0 Å². The van der Waals surface area contributed by atoms with Crippen molar-refractivity contribution in [2.45, 2.75) is 19.8 Å². The van der Waals surface area contributed by atoms with E-state index in [0.29, 0.717) is 23.8 Å². The summed E-state index contributed by atoms with van der Waals surface area (Å²) < 4.78 is 10.6. The number of benzene rings is 1. The Labute approximate surface area is 127 Å². The highest BCUT2D eigenvalue weighted by atomic mass is 16.7. The SMILES string of the molecule is CCCC(=O)Nc1ccc(Nc2ccc3c(c2)OCO3)nn1. The van der Waals surface area contributed by atoms with Gasteiger partial charge in [0, 0.05) is 18.2 Å². The van der Waals surface area contributed by atoms with Gasteiger partial charge in [0.05, 0.1) is 0 Å². The zero-order chi connectivity index (χ0) is 15.4. The van der Waals surface area contributed by atoms with Crippen molar-refractivity contribution in [3.05, 3.63) is 30.3 Å². The lowest BCUT2D eigenvalue weighted by Crippen LogP contribution is -2.12. The molecule has 0 unspecified atom stereocenters. The Hall–Kier alpha value is -2.83. The van der Waals surface area contributed by atoms with Crippen molar-refractivity contribution in [1.82, 2.24) is 10.2 Å². The van der Waals surface area contributed by atoms with Gasteiger partial charge in [-0.3, -0.25) is 4.79 Å². The maximum absolute atomic E-state index is 11.5. The zero-order valence-corrected chi connectivity index (χ0v) is 12.1. The predicted octanol–water partition coefficient (Wildman–Crippen LogP) is 2.69. The molecule has 1 aliphatic rings. The summed E-state index contributed by atoms with van der Waals surface area (Å²) in [5.41, 5.74) is 0.821. The van der Waals surface area contributed by atoms with Crippen LogP contribution in [0.5, 0.6) is 11.5 Å². The molecule has 0 spiro atoms. The highest BCUT2D eigenvalue weighted by molar-refractivity contribution is 5.89. The van der Waals surface area contributed by atoms with Crippen LogP contribution in [-0.4, -0.2) is 22.9 Å². The van der Waals surface area contributed by atoms with Crippen LogP contribution < -0.4 is 20.1 Å². The fourth-order valence-electron chi connectivity index (χ4n) is 2.02. The summed E-state index contributed by atoms with van der Waals surface area (Å²) in [6.45, 7) is 2.19. The highest BCUT2D eigenvalue weighted by Gasteiger charge is 2.13. The van der Waals surface area contributed by atoms with E-state index in [-0.39, 0.29) is 12.7 Å². The first kappa shape index (κ1) is 14.1. The number of carbonyl (C=O) groups excluding carboxylic acids is 1. The van der Waals surface area contributed by atoms with Gasteiger partial charge in [-0.15, -0.1) is 10.2 Å². The topological polar surface area (TPSA) is 85.4 Å². The van der Waals surface area contributed by atoms with Crippen LogP contribution in [0.25, 0.3) is 0 Å². The minimum Gasteiger partial charge on any atom is -0.454 e. The Morgan fingerprint density at radius 3 is 2.68 bits per heavy atom. The van der Waals surface area contributed by atoms with Gasteiger partial charge in [-0.25, -0.2) is 0 Å². The molecule has 0 radical (unpaired) electrons. The summed E-state index contributed by atoms with van der Waals surface area (Å²) in [5.74, 6) is 2.38. The van der Waals surface area contributed by atoms with E-state index < -0.39 is 0 Å². The van der Waals surface area contributed by atoms with Crippen LogP contribution in [0, 0.1) is 0 Å². The highest BCUT2D eigenvalue weighted by Crippen LogP contribution is 2.34. The summed E-state index contributed by atoms with van der Waals surface area (Å²) in [6, 6.07) is 8.99. The van der Waals surface area contributed by atoms with Crippen molar-refractivity contribution in [3.63, 3.8) is 0 Å². The molecule has 3 rings (SSSR count). The maximum Gasteiger partial charge on any atom is 0.231 e. The Bertz CT molecular complexity index is 673. The molecule has 22 heavy (non-hydrogen) atoms. The number of hydrogen-bond acceptors (Lipinski definition) is 6. The second kappa shape index (κ2) is 6.30. The standard InChI is InChI=1S/C15H16N4O3/c1-2-3-15(20)17-14-7-6-13(18-19-14)16-10-4-5-11-12(8-10)22-9-21-11/h4-8H,2-3,9H2,1H3,(H,16,18)(H,17,19,20). The smallest absolute Gasteiger partial charge is 0.231 e. The molecular formula is C15H16N4O3. The summed E-state index contributed by atoms with van der Waals surface area (Å²) >= 11 is 0. The predicted molar refractivity (Wildman–Crippen MR) is 81.4 cm³/mol. The van der Waals surface area contributed by atoms with Crippen LogP contribution in [0.1, 0.15) is 19.8 Å². The second-order valence-electron chi connectivity index (χ2n) is 4.80. The van der Waals surface area contributed by atoms with Crippen LogP contribution >= 0.6 is 0 Å². The van der Waals surface area contributed by atoms with E-state index in [1.54, 1.807) is 12.1 Å². The van der Waals surface area contributed by atoms with Crippen molar-refractivity contribution in [2.24, 2.45) is 0 Å². The van der Waals surface area contributed by atoms with Crippen molar-refractivity contribution in [2.75, 3.05) is 17.4 Å². The molecule has 0 saturated carbocycles. The average Bonchev–Trinajstić information content (AvgIpc) is 2.97. The summed E-state index contributed by atoms with van der Waals surface area (Å²) in [5, 5.41) is 13.8. The lowest BCUT2D eigenvalue weighted by atomic mass is 10.3. The lowest BCUT2D eigenvalue weighted by molar-refractivity contribution is -0.116. The molecule has 1 aromatic carbocycles. The molecule has 0 aliphatic carbocycles. The summed E-state index contributed by atoms with van der Waals surface area (Å²) in [4.78, 5) is 11.5. The van der Waals surface area contributed by atoms with Gasteiger partial charge in [-0.1, -0.05) is 6.92 Å². The van der Waals surface area contributed by atoms with Crippen LogP contribution in [0.15, 0.2) is 30.3 Å². The fraction of sp³-hybridized carbons (Fsp3) is 0.267. The second-order valence-corrected chi connectivity index (χ2v) is 4.80. The zero-order valence-electron chi connectivity index (χ0n) is 12.1. The van der Waals surface area contributed by atoms with E-state index in [1.165, 1.54) is 0 Å². The molecule has 1 aliphatic heterocycles. The van der Waals surface area contributed by atoms with Gasteiger partial charge in [0.2, 0.25) is 12.7 Å². The minimum absolute atomic E-state index is 0.0618. The third-order valence-corrected chi connectivity index (χ3v) is 3.05. The third-order valence-electron chi connectivity index (χ3n) is 3.05. The molecule has 1 aromatic heterocycles. The van der Waals surface area contributed by atoms with E-state index in [9.17, 15) is 4.79 Å². The van der Waals surface area contributed by atoms with Crippen molar-refractivity contribution in [3.8, 4) is 11.5 Å². The van der Waals surface area contributed by atoms with Gasteiger partial charge in [0.25, 0.3) is 0 Å². The normalized spacial score (nSPS) is 12.0. The number of ether oxygens (including phenoxy) is 2. The van der Waals surface area contributed by atoms with Gasteiger partial charge in [-0.05, 0) is 30.7 Å². The average molecular weight is 300 g/mol. The minimum atomic E-state index is -0.0618. The number of rotatable bonds is 5. The molecule has 0 saturated heterocycles. The molecular weight excluding hydrogens is 284 g/mol. The van der Waals surface area contributed by atoms with Gasteiger partial charge >= 0.3 is 0 Å². The lowest BCUT2D eigenvalue weighted by Gasteiger charge is -2.07. The van der Waals surface area contributed by atoms with Gasteiger partial charge in [0.1, 0.15) is 0 Å². The Morgan fingerprint density at radius 2 is 1.91 bits per heavy atom.